The van der Waals surface area contributed by atoms with E-state index < -0.39 is 33.0 Å². The molecule has 0 spiro atoms. The van der Waals surface area contributed by atoms with Crippen LogP contribution in [0.2, 0.25) is 0 Å². The molecule has 2 aliphatic rings. The third-order valence-electron chi connectivity index (χ3n) is 6.86. The van der Waals surface area contributed by atoms with E-state index in [0.29, 0.717) is 12.5 Å². The SMILES string of the molecule is O=C(NS(=O)(=O)c1ccc(NCC2CCCCC2)c([N+](=O)[O-])c1)c1ccc(N2CCNCC2)cc1.O=C(O)C(F)(F)F. The number of hydrogen-bond donors (Lipinski definition) is 4. The molecule has 1 heterocycles. The Bertz CT molecular complexity index is 1360. The highest BCUT2D eigenvalue weighted by molar-refractivity contribution is 7.90. The zero-order chi connectivity index (χ0) is 30.9. The molecule has 0 atom stereocenters. The fraction of sp³-hybridized carbons (Fsp3) is 0.462. The fourth-order valence-electron chi connectivity index (χ4n) is 4.61. The zero-order valence-electron chi connectivity index (χ0n) is 22.5. The van der Waals surface area contributed by atoms with Gasteiger partial charge in [-0.15, -0.1) is 0 Å². The summed E-state index contributed by atoms with van der Waals surface area (Å²) in [5.41, 5.74) is 1.08. The highest BCUT2D eigenvalue weighted by Gasteiger charge is 2.38. The van der Waals surface area contributed by atoms with Gasteiger partial charge in [-0.3, -0.25) is 14.9 Å². The van der Waals surface area contributed by atoms with Gasteiger partial charge in [0.05, 0.1) is 9.82 Å². The Kier molecular flexibility index (Phi) is 11.1. The van der Waals surface area contributed by atoms with Gasteiger partial charge in [0.1, 0.15) is 5.69 Å². The second-order valence-electron chi connectivity index (χ2n) is 9.84. The molecule has 0 radical (unpaired) electrons. The molecule has 16 heteroatoms. The van der Waals surface area contributed by atoms with Crippen LogP contribution in [0.5, 0.6) is 0 Å². The summed E-state index contributed by atoms with van der Waals surface area (Å²) in [6.45, 7) is 4.06. The van der Waals surface area contributed by atoms with Crippen LogP contribution in [0.4, 0.5) is 30.2 Å². The minimum absolute atomic E-state index is 0.188. The minimum atomic E-state index is -5.08. The molecule has 1 aliphatic carbocycles. The first-order valence-corrected chi connectivity index (χ1v) is 14.7. The first-order chi connectivity index (χ1) is 19.8. The highest BCUT2D eigenvalue weighted by atomic mass is 32.2. The van der Waals surface area contributed by atoms with E-state index >= 15 is 0 Å². The van der Waals surface area contributed by atoms with Crippen molar-refractivity contribution in [3.63, 3.8) is 0 Å². The van der Waals surface area contributed by atoms with Crippen LogP contribution in [-0.4, -0.2) is 69.2 Å². The Balaban J connectivity index is 0.000000616. The maximum absolute atomic E-state index is 12.8. The fourth-order valence-corrected chi connectivity index (χ4v) is 5.61. The number of anilines is 2. The van der Waals surface area contributed by atoms with E-state index in [1.54, 1.807) is 24.3 Å². The number of alkyl halides is 3. The van der Waals surface area contributed by atoms with Crippen molar-refractivity contribution < 1.29 is 41.2 Å². The molecule has 2 fully saturated rings. The Morgan fingerprint density at radius 3 is 2.19 bits per heavy atom. The predicted molar refractivity (Wildman–Crippen MR) is 148 cm³/mol. The number of rotatable bonds is 8. The molecule has 0 unspecified atom stereocenters. The summed E-state index contributed by atoms with van der Waals surface area (Å²) < 4.78 is 59.4. The number of nitro benzene ring substituents is 1. The lowest BCUT2D eigenvalue weighted by Gasteiger charge is -2.29. The normalized spacial score (nSPS) is 16.1. The van der Waals surface area contributed by atoms with E-state index in [0.717, 1.165) is 63.6 Å². The summed E-state index contributed by atoms with van der Waals surface area (Å²) in [5, 5.41) is 25.1. The van der Waals surface area contributed by atoms with Gasteiger partial charge in [-0.05, 0) is 55.2 Å². The average Bonchev–Trinajstić information content (AvgIpc) is 2.96. The topological polar surface area (TPSA) is 171 Å². The maximum Gasteiger partial charge on any atom is 0.490 e. The summed E-state index contributed by atoms with van der Waals surface area (Å²) in [5.74, 6) is -3.10. The third kappa shape index (κ3) is 9.30. The Morgan fingerprint density at radius 1 is 1.05 bits per heavy atom. The number of nitrogens with one attached hydrogen (secondary N) is 3. The van der Waals surface area contributed by atoms with Gasteiger partial charge in [-0.2, -0.15) is 13.2 Å². The smallest absolute Gasteiger partial charge is 0.475 e. The number of carboxylic acids is 1. The number of aliphatic carboxylic acids is 1. The second kappa shape index (κ2) is 14.3. The summed E-state index contributed by atoms with van der Waals surface area (Å²) in [6, 6.07) is 10.4. The lowest BCUT2D eigenvalue weighted by atomic mass is 9.89. The van der Waals surface area contributed by atoms with Crippen LogP contribution in [0.1, 0.15) is 42.5 Å². The molecular formula is C26H32F3N5O7S. The molecule has 1 saturated carbocycles. The van der Waals surface area contributed by atoms with Gasteiger partial charge in [-0.1, -0.05) is 19.3 Å². The number of carboxylic acid groups (broad SMARTS) is 1. The number of piperazine rings is 1. The number of carbonyl (C=O) groups excluding carboxylic acids is 1. The van der Waals surface area contributed by atoms with Crippen LogP contribution >= 0.6 is 0 Å². The van der Waals surface area contributed by atoms with Crippen molar-refractivity contribution in [2.75, 3.05) is 42.9 Å². The minimum Gasteiger partial charge on any atom is -0.475 e. The molecule has 0 bridgehead atoms. The van der Waals surface area contributed by atoms with Crippen molar-refractivity contribution in [1.82, 2.24) is 10.0 Å². The molecule has 12 nitrogen and oxygen atoms in total. The van der Waals surface area contributed by atoms with Gasteiger partial charge < -0.3 is 20.6 Å². The van der Waals surface area contributed by atoms with E-state index in [-0.39, 0.29) is 21.8 Å². The van der Waals surface area contributed by atoms with Crippen LogP contribution in [0.3, 0.4) is 0 Å². The monoisotopic (exact) mass is 615 g/mol. The summed E-state index contributed by atoms with van der Waals surface area (Å²) in [4.78, 5) is 34.4. The molecule has 2 aromatic rings. The number of nitrogens with zero attached hydrogens (tertiary/aromatic N) is 2. The molecule has 42 heavy (non-hydrogen) atoms. The second-order valence-corrected chi connectivity index (χ2v) is 11.5. The average molecular weight is 616 g/mol. The lowest BCUT2D eigenvalue weighted by molar-refractivity contribution is -0.384. The van der Waals surface area contributed by atoms with Gasteiger partial charge in [0, 0.05) is 50.0 Å². The largest absolute Gasteiger partial charge is 0.490 e. The number of halogens is 3. The Morgan fingerprint density at radius 2 is 1.64 bits per heavy atom. The van der Waals surface area contributed by atoms with Gasteiger partial charge in [0.15, 0.2) is 0 Å². The third-order valence-corrected chi connectivity index (χ3v) is 8.19. The highest BCUT2D eigenvalue weighted by Crippen LogP contribution is 2.30. The molecule has 2 aromatic carbocycles. The molecule has 4 rings (SSSR count). The zero-order valence-corrected chi connectivity index (χ0v) is 23.3. The van der Waals surface area contributed by atoms with E-state index in [2.05, 4.69) is 15.5 Å². The molecular weight excluding hydrogens is 583 g/mol. The van der Waals surface area contributed by atoms with Crippen LogP contribution in [0.15, 0.2) is 47.4 Å². The van der Waals surface area contributed by atoms with E-state index in [9.17, 15) is 36.5 Å². The van der Waals surface area contributed by atoms with Gasteiger partial charge in [0.25, 0.3) is 21.6 Å². The summed E-state index contributed by atoms with van der Waals surface area (Å²) >= 11 is 0. The number of nitro groups is 1. The predicted octanol–water partition coefficient (Wildman–Crippen LogP) is 3.75. The molecule has 0 aromatic heterocycles. The first kappa shape index (κ1) is 32.6. The Hall–Kier alpha value is -3.92. The van der Waals surface area contributed by atoms with Crippen molar-refractivity contribution in [2.24, 2.45) is 5.92 Å². The molecule has 1 amide bonds. The molecule has 4 N–H and O–H groups in total. The van der Waals surface area contributed by atoms with Crippen molar-refractivity contribution in [2.45, 2.75) is 43.2 Å². The number of carbonyl (C=O) groups is 2. The van der Waals surface area contributed by atoms with Crippen LogP contribution in [0.25, 0.3) is 0 Å². The lowest BCUT2D eigenvalue weighted by Crippen LogP contribution is -2.43. The summed E-state index contributed by atoms with van der Waals surface area (Å²) in [6.07, 6.45) is 0.605. The van der Waals surface area contributed by atoms with Gasteiger partial charge in [0.2, 0.25) is 0 Å². The van der Waals surface area contributed by atoms with Crippen molar-refractivity contribution in [3.05, 3.63) is 58.1 Å². The van der Waals surface area contributed by atoms with E-state index in [1.165, 1.54) is 18.6 Å². The van der Waals surface area contributed by atoms with E-state index in [4.69, 9.17) is 9.90 Å². The van der Waals surface area contributed by atoms with Gasteiger partial charge in [-0.25, -0.2) is 17.9 Å². The van der Waals surface area contributed by atoms with E-state index in [1.807, 2.05) is 4.72 Å². The maximum atomic E-state index is 12.8. The van der Waals surface area contributed by atoms with Crippen LogP contribution < -0.4 is 20.3 Å². The number of amides is 1. The standard InChI is InChI=1S/C24H31N5O5S.C2HF3O2/c30-24(19-6-8-20(9-7-19)28-14-12-25-13-15-28)27-35(33,34)21-10-11-22(23(16-21)29(31)32)26-17-18-4-2-1-3-5-18;3-2(4,5)1(6)7/h6-11,16,18,25-26H,1-5,12-15,17H2,(H,27,30);(H,6,7). The van der Waals surface area contributed by atoms with Crippen LogP contribution in [-0.2, 0) is 14.8 Å². The number of sulfonamides is 1. The van der Waals surface area contributed by atoms with Crippen molar-refractivity contribution in [1.29, 1.82) is 0 Å². The quantitative estimate of drug-likeness (QED) is 0.253. The molecule has 1 aliphatic heterocycles. The molecule has 230 valence electrons. The first-order valence-electron chi connectivity index (χ1n) is 13.2. The van der Waals surface area contributed by atoms with Gasteiger partial charge >= 0.3 is 12.1 Å². The van der Waals surface area contributed by atoms with Crippen molar-refractivity contribution >= 4 is 39.0 Å². The van der Waals surface area contributed by atoms with Crippen molar-refractivity contribution in [3.8, 4) is 0 Å². The summed E-state index contributed by atoms with van der Waals surface area (Å²) in [7, 11) is -4.30. The van der Waals surface area contributed by atoms with Crippen LogP contribution in [0, 0.1) is 16.0 Å². The Labute approximate surface area is 240 Å². The molecule has 1 saturated heterocycles. The number of benzene rings is 2. The number of hydrogen-bond acceptors (Lipinski definition) is 9.